The van der Waals surface area contributed by atoms with Crippen molar-refractivity contribution < 1.29 is 0 Å². The minimum absolute atomic E-state index is 0.648. The van der Waals surface area contributed by atoms with Crippen LogP contribution >= 0.6 is 0 Å². The summed E-state index contributed by atoms with van der Waals surface area (Å²) in [7, 11) is 0. The molecule has 0 unspecified atom stereocenters. The normalized spacial score (nSPS) is 9.21. The van der Waals surface area contributed by atoms with Gasteiger partial charge in [-0.3, -0.25) is 0 Å². The SMILES string of the molecule is N#Cc1ccc(CNCC#Cc2ccccc2)cc1. The average molecular weight is 246 g/mol. The summed E-state index contributed by atoms with van der Waals surface area (Å²) < 4.78 is 0. The lowest BCUT2D eigenvalue weighted by Gasteiger charge is -2.00. The molecule has 0 aromatic heterocycles. The molecule has 0 aliphatic carbocycles. The summed E-state index contributed by atoms with van der Waals surface area (Å²) in [6.07, 6.45) is 0. The van der Waals surface area contributed by atoms with Crippen molar-refractivity contribution in [3.05, 3.63) is 71.3 Å². The fourth-order valence-electron chi connectivity index (χ4n) is 1.63. The molecule has 0 atom stereocenters. The molecule has 0 heterocycles. The zero-order valence-corrected chi connectivity index (χ0v) is 10.6. The van der Waals surface area contributed by atoms with Crippen LogP contribution in [-0.2, 0) is 6.54 Å². The zero-order chi connectivity index (χ0) is 13.3. The van der Waals surface area contributed by atoms with Gasteiger partial charge >= 0.3 is 0 Å². The summed E-state index contributed by atoms with van der Waals surface area (Å²) in [6, 6.07) is 19.6. The fraction of sp³-hybridized carbons (Fsp3) is 0.118. The maximum absolute atomic E-state index is 8.70. The Kier molecular flexibility index (Phi) is 4.76. The molecule has 2 aromatic rings. The van der Waals surface area contributed by atoms with E-state index >= 15 is 0 Å². The molecule has 2 aromatic carbocycles. The Morgan fingerprint density at radius 2 is 1.63 bits per heavy atom. The number of rotatable bonds is 3. The fourth-order valence-corrected chi connectivity index (χ4v) is 1.63. The smallest absolute Gasteiger partial charge is 0.0991 e. The molecule has 2 nitrogen and oxygen atoms in total. The van der Waals surface area contributed by atoms with Gasteiger partial charge in [0.25, 0.3) is 0 Å². The molecule has 2 heteroatoms. The van der Waals surface area contributed by atoms with Crippen LogP contribution in [-0.4, -0.2) is 6.54 Å². The first-order valence-corrected chi connectivity index (χ1v) is 6.12. The van der Waals surface area contributed by atoms with E-state index in [4.69, 9.17) is 5.26 Å². The van der Waals surface area contributed by atoms with E-state index < -0.39 is 0 Å². The highest BCUT2D eigenvalue weighted by molar-refractivity contribution is 5.34. The lowest BCUT2D eigenvalue weighted by molar-refractivity contribution is 0.770. The van der Waals surface area contributed by atoms with Crippen LogP contribution in [0.4, 0.5) is 0 Å². The van der Waals surface area contributed by atoms with Gasteiger partial charge in [0.15, 0.2) is 0 Å². The molecule has 0 bridgehead atoms. The molecule has 0 aliphatic heterocycles. The van der Waals surface area contributed by atoms with Gasteiger partial charge in [-0.05, 0) is 29.8 Å². The van der Waals surface area contributed by atoms with Gasteiger partial charge in [0.05, 0.1) is 18.2 Å². The van der Waals surface area contributed by atoms with Crippen LogP contribution in [0.15, 0.2) is 54.6 Å². The summed E-state index contributed by atoms with van der Waals surface area (Å²) in [4.78, 5) is 0. The molecule has 0 saturated carbocycles. The summed E-state index contributed by atoms with van der Waals surface area (Å²) in [6.45, 7) is 1.41. The maximum atomic E-state index is 8.70. The molecule has 19 heavy (non-hydrogen) atoms. The monoisotopic (exact) mass is 246 g/mol. The Labute approximate surface area is 113 Å². The molecule has 92 valence electrons. The highest BCUT2D eigenvalue weighted by atomic mass is 14.8. The van der Waals surface area contributed by atoms with Gasteiger partial charge in [-0.25, -0.2) is 0 Å². The van der Waals surface area contributed by atoms with Gasteiger partial charge < -0.3 is 5.32 Å². The number of nitrogens with one attached hydrogen (secondary N) is 1. The van der Waals surface area contributed by atoms with Gasteiger partial charge in [-0.2, -0.15) is 5.26 Å². The van der Waals surface area contributed by atoms with Gasteiger partial charge in [0.1, 0.15) is 0 Å². The van der Waals surface area contributed by atoms with Gasteiger partial charge in [0.2, 0.25) is 0 Å². The van der Waals surface area contributed by atoms with Crippen LogP contribution in [0.25, 0.3) is 0 Å². The molecule has 0 spiro atoms. The molecule has 0 amide bonds. The zero-order valence-electron chi connectivity index (χ0n) is 10.6. The molecule has 0 radical (unpaired) electrons. The van der Waals surface area contributed by atoms with Crippen molar-refractivity contribution in [2.24, 2.45) is 0 Å². The van der Waals surface area contributed by atoms with Crippen LogP contribution in [0.3, 0.4) is 0 Å². The van der Waals surface area contributed by atoms with Crippen LogP contribution in [0.2, 0.25) is 0 Å². The summed E-state index contributed by atoms with van der Waals surface area (Å²) >= 11 is 0. The number of hydrogen-bond donors (Lipinski definition) is 1. The van der Waals surface area contributed by atoms with E-state index in [1.165, 1.54) is 0 Å². The molecular weight excluding hydrogens is 232 g/mol. The Morgan fingerprint density at radius 3 is 2.32 bits per heavy atom. The van der Waals surface area contributed by atoms with Gasteiger partial charge in [-0.1, -0.05) is 42.2 Å². The van der Waals surface area contributed by atoms with E-state index in [9.17, 15) is 0 Å². The van der Waals surface area contributed by atoms with Gasteiger partial charge in [-0.15, -0.1) is 0 Å². The van der Waals surface area contributed by atoms with Crippen molar-refractivity contribution in [1.82, 2.24) is 5.32 Å². The van der Waals surface area contributed by atoms with E-state index in [0.29, 0.717) is 12.1 Å². The second-order valence-electron chi connectivity index (χ2n) is 4.08. The van der Waals surface area contributed by atoms with E-state index in [1.807, 2.05) is 54.6 Å². The number of hydrogen-bond acceptors (Lipinski definition) is 2. The minimum Gasteiger partial charge on any atom is -0.302 e. The predicted molar refractivity (Wildman–Crippen MR) is 76.2 cm³/mol. The van der Waals surface area contributed by atoms with Crippen LogP contribution in [0.1, 0.15) is 16.7 Å². The molecule has 0 fully saturated rings. The number of nitriles is 1. The Morgan fingerprint density at radius 1 is 0.895 bits per heavy atom. The minimum atomic E-state index is 0.648. The molecule has 1 N–H and O–H groups in total. The van der Waals surface area contributed by atoms with Crippen LogP contribution < -0.4 is 5.32 Å². The van der Waals surface area contributed by atoms with Crippen molar-refractivity contribution in [2.45, 2.75) is 6.54 Å². The second-order valence-corrected chi connectivity index (χ2v) is 4.08. The highest BCUT2D eigenvalue weighted by Gasteiger charge is 1.92. The van der Waals surface area contributed by atoms with Crippen LogP contribution in [0, 0.1) is 23.2 Å². The third-order valence-corrected chi connectivity index (χ3v) is 2.63. The van der Waals surface area contributed by atoms with Crippen molar-refractivity contribution in [2.75, 3.05) is 6.54 Å². The molecule has 0 aliphatic rings. The third kappa shape index (κ3) is 4.32. The molecular formula is C17H14N2. The lowest BCUT2D eigenvalue weighted by atomic mass is 10.1. The maximum Gasteiger partial charge on any atom is 0.0991 e. The van der Waals surface area contributed by atoms with Crippen molar-refractivity contribution in [1.29, 1.82) is 5.26 Å². The first-order chi connectivity index (χ1) is 9.38. The first kappa shape index (κ1) is 12.9. The summed E-state index contributed by atoms with van der Waals surface area (Å²) in [5.41, 5.74) is 2.87. The largest absolute Gasteiger partial charge is 0.302 e. The number of benzene rings is 2. The molecule has 0 saturated heterocycles. The molecule has 2 rings (SSSR count). The van der Waals surface area contributed by atoms with Crippen molar-refractivity contribution >= 4 is 0 Å². The Bertz CT molecular complexity index is 610. The average Bonchev–Trinajstić information content (AvgIpc) is 2.49. The Balaban J connectivity index is 1.78. The Hall–Kier alpha value is -2.55. The van der Waals surface area contributed by atoms with E-state index in [1.54, 1.807) is 0 Å². The summed E-state index contributed by atoms with van der Waals surface area (Å²) in [5, 5.41) is 12.0. The lowest BCUT2D eigenvalue weighted by Crippen LogP contribution is -2.13. The first-order valence-electron chi connectivity index (χ1n) is 6.12. The predicted octanol–water partition coefficient (Wildman–Crippen LogP) is 2.70. The van der Waals surface area contributed by atoms with Crippen LogP contribution in [0.5, 0.6) is 0 Å². The van der Waals surface area contributed by atoms with Gasteiger partial charge in [0, 0.05) is 12.1 Å². The van der Waals surface area contributed by atoms with Crippen molar-refractivity contribution in [3.8, 4) is 17.9 Å². The van der Waals surface area contributed by atoms with E-state index in [2.05, 4.69) is 23.2 Å². The topological polar surface area (TPSA) is 35.8 Å². The quantitative estimate of drug-likeness (QED) is 0.667. The highest BCUT2D eigenvalue weighted by Crippen LogP contribution is 2.02. The summed E-state index contributed by atoms with van der Waals surface area (Å²) in [5.74, 6) is 6.17. The second kappa shape index (κ2) is 7.01. The van der Waals surface area contributed by atoms with E-state index in [-0.39, 0.29) is 0 Å². The third-order valence-electron chi connectivity index (χ3n) is 2.63. The number of nitrogens with zero attached hydrogens (tertiary/aromatic N) is 1. The standard InChI is InChI=1S/C17H14N2/c18-13-16-8-10-17(11-9-16)14-19-12-4-7-15-5-2-1-3-6-15/h1-3,5-6,8-11,19H,12,14H2. The van der Waals surface area contributed by atoms with E-state index in [0.717, 1.165) is 17.7 Å². The van der Waals surface area contributed by atoms with Crippen molar-refractivity contribution in [3.63, 3.8) is 0 Å².